The topological polar surface area (TPSA) is 191 Å². The van der Waals surface area contributed by atoms with Gasteiger partial charge >= 0.3 is 12.0 Å². The fourth-order valence-corrected chi connectivity index (χ4v) is 5.34. The number of nitrogens with one attached hydrogen (secondary N) is 2. The maximum atomic E-state index is 11.8. The van der Waals surface area contributed by atoms with E-state index >= 15 is 0 Å². The van der Waals surface area contributed by atoms with Gasteiger partial charge in [0.1, 0.15) is 6.61 Å². The van der Waals surface area contributed by atoms with Crippen molar-refractivity contribution >= 4 is 43.6 Å². The fourth-order valence-electron chi connectivity index (χ4n) is 3.80. The number of thioether (sulfide) groups is 1. The first-order valence-electron chi connectivity index (χ1n) is 12.6. The number of amides is 2. The van der Waals surface area contributed by atoms with Crippen LogP contribution in [0.3, 0.4) is 0 Å². The second-order valence-electron chi connectivity index (χ2n) is 8.62. The van der Waals surface area contributed by atoms with Gasteiger partial charge in [-0.1, -0.05) is 18.7 Å². The average Bonchev–Trinajstić information content (AvgIpc) is 3.39. The van der Waals surface area contributed by atoms with Gasteiger partial charge in [-0.3, -0.25) is 4.79 Å². The summed E-state index contributed by atoms with van der Waals surface area (Å²) in [6.45, 7) is 3.09. The first-order valence-corrected chi connectivity index (χ1v) is 16.0. The molecule has 13 nitrogen and oxygen atoms in total. The third-order valence-corrected chi connectivity index (χ3v) is 7.07. The van der Waals surface area contributed by atoms with Crippen molar-refractivity contribution in [3.8, 4) is 0 Å². The van der Waals surface area contributed by atoms with Crippen LogP contribution >= 0.6 is 31.6 Å². The van der Waals surface area contributed by atoms with Crippen molar-refractivity contribution in [2.24, 2.45) is 11.6 Å². The summed E-state index contributed by atoms with van der Waals surface area (Å²) < 4.78 is 21.1. The number of ether oxygens (including phenoxy) is 4. The van der Waals surface area contributed by atoms with E-state index in [1.807, 2.05) is 11.8 Å². The van der Waals surface area contributed by atoms with Crippen molar-refractivity contribution in [3.63, 3.8) is 0 Å². The molecule has 2 amide bonds. The summed E-state index contributed by atoms with van der Waals surface area (Å²) >= 11 is 5.03. The Kier molecular flexibility index (Phi) is 20.0. The van der Waals surface area contributed by atoms with Crippen LogP contribution in [-0.2, 0) is 23.7 Å². The molecule has 0 bridgehead atoms. The van der Waals surface area contributed by atoms with Gasteiger partial charge in [0.15, 0.2) is 0 Å². The van der Waals surface area contributed by atoms with E-state index in [1.165, 1.54) is 5.01 Å². The van der Waals surface area contributed by atoms with Gasteiger partial charge in [0, 0.05) is 43.0 Å². The number of methoxy groups -OCH3 is 1. The second kappa shape index (κ2) is 21.8. The van der Waals surface area contributed by atoms with E-state index in [2.05, 4.69) is 22.9 Å². The van der Waals surface area contributed by atoms with Crippen LogP contribution in [-0.4, -0.2) is 103 Å². The largest absolute Gasteiger partial charge is 0.463 e. The number of rotatable bonds is 19. The summed E-state index contributed by atoms with van der Waals surface area (Å²) in [6, 6.07) is 0.390. The highest BCUT2D eigenvalue weighted by molar-refractivity contribution is 8.41. The van der Waals surface area contributed by atoms with Crippen molar-refractivity contribution in [1.82, 2.24) is 15.6 Å². The minimum atomic E-state index is -1.93. The zero-order chi connectivity index (χ0) is 28.2. The van der Waals surface area contributed by atoms with Gasteiger partial charge in [-0.15, -0.1) is 0 Å². The molecule has 0 radical (unpaired) electrons. The number of urea groups is 1. The van der Waals surface area contributed by atoms with Crippen molar-refractivity contribution < 1.29 is 38.3 Å². The summed E-state index contributed by atoms with van der Waals surface area (Å²) in [5.41, 5.74) is 6.60. The fraction of sp³-hybridized carbons (Fsp3) is 0.818. The first kappa shape index (κ1) is 35.0. The number of nitrogens with zero attached hydrogens (tertiary/aromatic N) is 1. The number of allylic oxidation sites excluding steroid dienone is 1. The highest BCUT2D eigenvalue weighted by Gasteiger charge is 2.42. The summed E-state index contributed by atoms with van der Waals surface area (Å²) in [7, 11) is -0.265. The van der Waals surface area contributed by atoms with Crippen LogP contribution in [0.5, 0.6) is 0 Å². The molecule has 2 saturated heterocycles. The predicted molar refractivity (Wildman–Crippen MR) is 151 cm³/mol. The van der Waals surface area contributed by atoms with Gasteiger partial charge < -0.3 is 50.1 Å². The van der Waals surface area contributed by atoms with E-state index in [0.29, 0.717) is 56.9 Å². The molecule has 0 aromatic heterocycles. The number of carbonyl (C=O) groups is 2. The van der Waals surface area contributed by atoms with Crippen molar-refractivity contribution in [3.05, 3.63) is 11.9 Å². The molecule has 38 heavy (non-hydrogen) atoms. The standard InChI is InChI=1S/C22H41N5O6S.H3O2PS/c1-30-9-4-5-17(23)15-27(24)8-10-31-11-12-32-13-14-33-20(28)7-3-2-6-19-21-18(16-34-19)25-22(29)26-21;1-3(2)4/h15,18-19,21H,2-14,16,23-24H2,1H3,(H2,25,26,29);1-2,4H/b17-15-;. The molecule has 0 aromatic rings. The lowest BCUT2D eigenvalue weighted by molar-refractivity contribution is -0.145. The number of thiol groups is 1. The minimum Gasteiger partial charge on any atom is -0.463 e. The van der Waals surface area contributed by atoms with Crippen LogP contribution in [0.1, 0.15) is 38.5 Å². The predicted octanol–water partition coefficient (Wildman–Crippen LogP) is 0.819. The number of hydrazine groups is 1. The molecule has 2 heterocycles. The summed E-state index contributed by atoms with van der Waals surface area (Å²) in [5, 5.41) is 7.86. The Morgan fingerprint density at radius 1 is 1.13 bits per heavy atom. The van der Waals surface area contributed by atoms with Gasteiger partial charge in [-0.05, 0) is 25.7 Å². The van der Waals surface area contributed by atoms with Crippen LogP contribution < -0.4 is 22.2 Å². The summed E-state index contributed by atoms with van der Waals surface area (Å²) in [5.74, 6) is 6.61. The van der Waals surface area contributed by atoms with E-state index < -0.39 is 7.58 Å². The molecule has 222 valence electrons. The van der Waals surface area contributed by atoms with Gasteiger partial charge in [0.25, 0.3) is 0 Å². The number of carbonyl (C=O) groups excluding carboxylic acids is 2. The van der Waals surface area contributed by atoms with Gasteiger partial charge in [-0.2, -0.15) is 11.8 Å². The quantitative estimate of drug-likeness (QED) is 0.0210. The van der Waals surface area contributed by atoms with E-state index in [-0.39, 0.29) is 30.7 Å². The molecule has 2 aliphatic rings. The monoisotopic (exact) mass is 601 g/mol. The average molecular weight is 602 g/mol. The zero-order valence-electron chi connectivity index (χ0n) is 22.0. The molecule has 0 spiro atoms. The Morgan fingerprint density at radius 2 is 1.82 bits per heavy atom. The van der Waals surface area contributed by atoms with E-state index in [9.17, 15) is 9.59 Å². The van der Waals surface area contributed by atoms with Gasteiger partial charge in [0.2, 0.25) is 7.58 Å². The number of unbranched alkanes of at least 4 members (excludes halogenated alkanes) is 1. The van der Waals surface area contributed by atoms with Crippen molar-refractivity contribution in [1.29, 1.82) is 0 Å². The van der Waals surface area contributed by atoms with Crippen LogP contribution in [0.2, 0.25) is 0 Å². The van der Waals surface area contributed by atoms with E-state index in [4.69, 9.17) is 40.3 Å². The van der Waals surface area contributed by atoms with E-state index in [1.54, 1.807) is 13.3 Å². The van der Waals surface area contributed by atoms with Crippen LogP contribution in [0.15, 0.2) is 11.9 Å². The van der Waals surface area contributed by atoms with Gasteiger partial charge in [-0.25, -0.2) is 10.6 Å². The van der Waals surface area contributed by atoms with Crippen LogP contribution in [0.4, 0.5) is 4.79 Å². The Morgan fingerprint density at radius 3 is 2.53 bits per heavy atom. The summed E-state index contributed by atoms with van der Waals surface area (Å²) in [6.07, 6.45) is 6.42. The molecule has 16 heteroatoms. The highest BCUT2D eigenvalue weighted by atomic mass is 32.7. The molecule has 2 aliphatic heterocycles. The van der Waals surface area contributed by atoms with Crippen molar-refractivity contribution in [2.75, 3.05) is 59.0 Å². The molecule has 3 unspecified atom stereocenters. The van der Waals surface area contributed by atoms with Crippen LogP contribution in [0, 0.1) is 0 Å². The lowest BCUT2D eigenvalue weighted by Crippen LogP contribution is -2.36. The first-order chi connectivity index (χ1) is 18.2. The highest BCUT2D eigenvalue weighted by Crippen LogP contribution is 2.33. The lowest BCUT2D eigenvalue weighted by atomic mass is 10.0. The Bertz CT molecular complexity index is 695. The number of esters is 1. The van der Waals surface area contributed by atoms with E-state index in [0.717, 1.165) is 37.9 Å². The minimum absolute atomic E-state index is 0.0667. The SMILES string of the molecule is COCCC/C(N)=C/N(N)CCOCCOCCOC(=O)CCCCC1SCC2NC(=O)NC21.OP(O)S. The summed E-state index contributed by atoms with van der Waals surface area (Å²) in [4.78, 5) is 38.3. The maximum Gasteiger partial charge on any atom is 0.315 e. The molecular weight excluding hydrogens is 557 g/mol. The zero-order valence-corrected chi connectivity index (χ0v) is 24.6. The number of hydrogen-bond acceptors (Lipinski definition) is 13. The third-order valence-electron chi connectivity index (χ3n) is 5.56. The molecule has 0 aromatic carbocycles. The Balaban J connectivity index is 0.00000168. The molecule has 3 atom stereocenters. The third kappa shape index (κ3) is 17.5. The molecule has 8 N–H and O–H groups in total. The van der Waals surface area contributed by atoms with Crippen molar-refractivity contribution in [2.45, 2.75) is 55.9 Å². The second-order valence-corrected chi connectivity index (χ2v) is 11.5. The smallest absolute Gasteiger partial charge is 0.315 e. The normalized spacial score (nSPS) is 20.4. The molecule has 2 fully saturated rings. The molecule has 0 aliphatic carbocycles. The molecule has 0 saturated carbocycles. The maximum absolute atomic E-state index is 11.8. The Hall–Kier alpha value is -1.03. The molecule has 2 rings (SSSR count). The van der Waals surface area contributed by atoms with Gasteiger partial charge in [0.05, 0.1) is 45.1 Å². The number of fused-ring (bicyclic) bond motifs is 1. The van der Waals surface area contributed by atoms with Crippen LogP contribution in [0.25, 0.3) is 0 Å². The number of hydrogen-bond donors (Lipinski definition) is 7. The lowest BCUT2D eigenvalue weighted by Gasteiger charge is -2.16. The number of nitrogens with two attached hydrogens (primary N) is 2. The molecular formula is C22H44N5O8PS2. The Labute approximate surface area is 235 Å².